The molecule has 0 fully saturated rings. The molecule has 2 aromatic rings. The standard InChI is InChI=1S/C25H34N2O3/c1-7-22(25(29)26-17(2)3)27(15-21-10-8-9-18(4)14-21)24(28)16-30-23-12-11-19(5)13-20(23)6/h8-14,17,22H,7,15-16H2,1-6H3,(H,26,29). The second-order valence-corrected chi connectivity index (χ2v) is 8.16. The number of amides is 2. The molecule has 2 amide bonds. The topological polar surface area (TPSA) is 58.6 Å². The first-order valence-electron chi connectivity index (χ1n) is 10.6. The van der Waals surface area contributed by atoms with Crippen LogP contribution in [0.2, 0.25) is 0 Å². The third-order valence-electron chi connectivity index (χ3n) is 4.93. The maximum Gasteiger partial charge on any atom is 0.261 e. The van der Waals surface area contributed by atoms with E-state index in [4.69, 9.17) is 4.74 Å². The van der Waals surface area contributed by atoms with Crippen LogP contribution in [0.25, 0.3) is 0 Å². The van der Waals surface area contributed by atoms with Crippen molar-refractivity contribution in [2.45, 2.75) is 66.6 Å². The lowest BCUT2D eigenvalue weighted by Crippen LogP contribution is -2.51. The van der Waals surface area contributed by atoms with Gasteiger partial charge in [-0.1, -0.05) is 54.4 Å². The molecule has 0 bridgehead atoms. The molecule has 0 aliphatic heterocycles. The summed E-state index contributed by atoms with van der Waals surface area (Å²) >= 11 is 0. The number of hydrogen-bond acceptors (Lipinski definition) is 3. The molecule has 0 saturated heterocycles. The third kappa shape index (κ3) is 6.61. The highest BCUT2D eigenvalue weighted by molar-refractivity contribution is 5.88. The van der Waals surface area contributed by atoms with Crippen LogP contribution < -0.4 is 10.1 Å². The van der Waals surface area contributed by atoms with E-state index in [1.54, 1.807) is 4.90 Å². The molecule has 1 atom stereocenters. The van der Waals surface area contributed by atoms with Crippen LogP contribution in [0.1, 0.15) is 49.4 Å². The van der Waals surface area contributed by atoms with Gasteiger partial charge in [0.1, 0.15) is 11.8 Å². The first-order valence-corrected chi connectivity index (χ1v) is 10.6. The minimum atomic E-state index is -0.553. The van der Waals surface area contributed by atoms with E-state index in [2.05, 4.69) is 5.32 Å². The van der Waals surface area contributed by atoms with Crippen LogP contribution in [0.3, 0.4) is 0 Å². The predicted molar refractivity (Wildman–Crippen MR) is 120 cm³/mol. The minimum Gasteiger partial charge on any atom is -0.483 e. The minimum absolute atomic E-state index is 0.00827. The summed E-state index contributed by atoms with van der Waals surface area (Å²) in [7, 11) is 0. The normalized spacial score (nSPS) is 11.8. The molecule has 1 N–H and O–H groups in total. The Hall–Kier alpha value is -2.82. The van der Waals surface area contributed by atoms with E-state index in [1.807, 2.05) is 84.0 Å². The van der Waals surface area contributed by atoms with Crippen molar-refractivity contribution < 1.29 is 14.3 Å². The van der Waals surface area contributed by atoms with Crippen LogP contribution in [-0.4, -0.2) is 35.4 Å². The van der Waals surface area contributed by atoms with Gasteiger partial charge in [-0.15, -0.1) is 0 Å². The lowest BCUT2D eigenvalue weighted by molar-refractivity contribution is -0.143. The van der Waals surface area contributed by atoms with Crippen molar-refractivity contribution in [1.82, 2.24) is 10.2 Å². The highest BCUT2D eigenvalue weighted by Gasteiger charge is 2.29. The molecule has 2 rings (SSSR count). The Balaban J connectivity index is 2.23. The molecule has 0 saturated carbocycles. The van der Waals surface area contributed by atoms with Crippen molar-refractivity contribution >= 4 is 11.8 Å². The molecular weight excluding hydrogens is 376 g/mol. The molecule has 162 valence electrons. The van der Waals surface area contributed by atoms with Crippen LogP contribution in [0, 0.1) is 20.8 Å². The van der Waals surface area contributed by atoms with Gasteiger partial charge in [0.25, 0.3) is 5.91 Å². The van der Waals surface area contributed by atoms with E-state index < -0.39 is 6.04 Å². The zero-order valence-electron chi connectivity index (χ0n) is 19.0. The van der Waals surface area contributed by atoms with E-state index in [1.165, 1.54) is 0 Å². The summed E-state index contributed by atoms with van der Waals surface area (Å²) in [5.74, 6) is 0.339. The van der Waals surface area contributed by atoms with E-state index in [0.717, 1.165) is 22.3 Å². The maximum atomic E-state index is 13.2. The van der Waals surface area contributed by atoms with E-state index in [0.29, 0.717) is 18.7 Å². The quantitative estimate of drug-likeness (QED) is 0.670. The average Bonchev–Trinajstić information content (AvgIpc) is 2.66. The molecule has 5 heteroatoms. The number of nitrogens with zero attached hydrogens (tertiary/aromatic N) is 1. The van der Waals surface area contributed by atoms with Gasteiger partial charge >= 0.3 is 0 Å². The van der Waals surface area contributed by atoms with Crippen LogP contribution >= 0.6 is 0 Å². The second kappa shape index (κ2) is 10.8. The van der Waals surface area contributed by atoms with Gasteiger partial charge in [-0.05, 0) is 58.2 Å². The van der Waals surface area contributed by atoms with Gasteiger partial charge in [-0.3, -0.25) is 9.59 Å². The van der Waals surface area contributed by atoms with Gasteiger partial charge in [-0.25, -0.2) is 0 Å². The number of ether oxygens (including phenoxy) is 1. The molecule has 2 aromatic carbocycles. The molecule has 0 aliphatic rings. The maximum absolute atomic E-state index is 13.2. The van der Waals surface area contributed by atoms with E-state index in [9.17, 15) is 9.59 Å². The number of carbonyl (C=O) groups is 2. The van der Waals surface area contributed by atoms with Crippen molar-refractivity contribution in [3.63, 3.8) is 0 Å². The fraction of sp³-hybridized carbons (Fsp3) is 0.440. The summed E-state index contributed by atoms with van der Waals surface area (Å²) in [6.07, 6.45) is 0.527. The monoisotopic (exact) mass is 410 g/mol. The zero-order valence-corrected chi connectivity index (χ0v) is 19.0. The predicted octanol–water partition coefficient (Wildman–Crippen LogP) is 4.32. The summed E-state index contributed by atoms with van der Waals surface area (Å²) < 4.78 is 5.83. The van der Waals surface area contributed by atoms with Crippen molar-refractivity contribution in [2.75, 3.05) is 6.61 Å². The van der Waals surface area contributed by atoms with Gasteiger partial charge in [0.15, 0.2) is 6.61 Å². The SMILES string of the molecule is CCC(C(=O)NC(C)C)N(Cc1cccc(C)c1)C(=O)COc1ccc(C)cc1C. The van der Waals surface area contributed by atoms with Gasteiger partial charge < -0.3 is 15.0 Å². The lowest BCUT2D eigenvalue weighted by Gasteiger charge is -2.31. The molecule has 0 aromatic heterocycles. The molecule has 5 nitrogen and oxygen atoms in total. The lowest BCUT2D eigenvalue weighted by atomic mass is 10.1. The van der Waals surface area contributed by atoms with Gasteiger partial charge in [-0.2, -0.15) is 0 Å². The first kappa shape index (κ1) is 23.5. The fourth-order valence-corrected chi connectivity index (χ4v) is 3.49. The number of hydrogen-bond donors (Lipinski definition) is 1. The number of aryl methyl sites for hydroxylation is 3. The summed E-state index contributed by atoms with van der Waals surface area (Å²) in [6.45, 7) is 12.0. The highest BCUT2D eigenvalue weighted by atomic mass is 16.5. The Bertz CT molecular complexity index is 876. The van der Waals surface area contributed by atoms with Gasteiger partial charge in [0.05, 0.1) is 0 Å². The van der Waals surface area contributed by atoms with Crippen molar-refractivity contribution in [3.8, 4) is 5.75 Å². The largest absolute Gasteiger partial charge is 0.483 e. The molecule has 30 heavy (non-hydrogen) atoms. The smallest absolute Gasteiger partial charge is 0.261 e. The van der Waals surface area contributed by atoms with Crippen molar-refractivity contribution in [1.29, 1.82) is 0 Å². The number of benzene rings is 2. The molecular formula is C25H34N2O3. The molecule has 0 radical (unpaired) electrons. The third-order valence-corrected chi connectivity index (χ3v) is 4.93. The Labute approximate surface area is 180 Å². The Morgan fingerprint density at radius 1 is 1.03 bits per heavy atom. The highest BCUT2D eigenvalue weighted by Crippen LogP contribution is 2.20. The zero-order chi connectivity index (χ0) is 22.3. The second-order valence-electron chi connectivity index (χ2n) is 8.16. The van der Waals surface area contributed by atoms with Crippen molar-refractivity contribution in [2.24, 2.45) is 0 Å². The van der Waals surface area contributed by atoms with Crippen LogP contribution in [-0.2, 0) is 16.1 Å². The molecule has 1 unspecified atom stereocenters. The molecule has 0 aliphatic carbocycles. The summed E-state index contributed by atoms with van der Waals surface area (Å²) in [5, 5.41) is 2.94. The Morgan fingerprint density at radius 2 is 1.73 bits per heavy atom. The van der Waals surface area contributed by atoms with Crippen molar-refractivity contribution in [3.05, 3.63) is 64.7 Å². The number of rotatable bonds is 9. The average molecular weight is 411 g/mol. The fourth-order valence-electron chi connectivity index (χ4n) is 3.49. The van der Waals surface area contributed by atoms with Crippen LogP contribution in [0.15, 0.2) is 42.5 Å². The number of nitrogens with one attached hydrogen (secondary N) is 1. The van der Waals surface area contributed by atoms with Gasteiger partial charge in [0, 0.05) is 12.6 Å². The summed E-state index contributed by atoms with van der Waals surface area (Å²) in [5.41, 5.74) is 4.23. The molecule has 0 spiro atoms. The summed E-state index contributed by atoms with van der Waals surface area (Å²) in [4.78, 5) is 27.6. The molecule has 0 heterocycles. The Kier molecular flexibility index (Phi) is 8.46. The first-order chi connectivity index (χ1) is 14.2. The van der Waals surface area contributed by atoms with Crippen LogP contribution in [0.5, 0.6) is 5.75 Å². The Morgan fingerprint density at radius 3 is 2.33 bits per heavy atom. The van der Waals surface area contributed by atoms with Gasteiger partial charge in [0.2, 0.25) is 5.91 Å². The van der Waals surface area contributed by atoms with Crippen LogP contribution in [0.4, 0.5) is 0 Å². The van der Waals surface area contributed by atoms with E-state index >= 15 is 0 Å². The van der Waals surface area contributed by atoms with E-state index in [-0.39, 0.29) is 24.5 Å². The summed E-state index contributed by atoms with van der Waals surface area (Å²) in [6, 6.07) is 13.3. The number of carbonyl (C=O) groups excluding carboxylic acids is 2.